The molecule has 0 saturated heterocycles. The van der Waals surface area contributed by atoms with Crippen molar-refractivity contribution < 1.29 is 28.7 Å². The van der Waals surface area contributed by atoms with Crippen LogP contribution in [0, 0.1) is 0 Å². The van der Waals surface area contributed by atoms with Gasteiger partial charge in [-0.3, -0.25) is 4.79 Å². The molecule has 0 aromatic heterocycles. The van der Waals surface area contributed by atoms with Crippen LogP contribution in [-0.2, 0) is 25.5 Å². The van der Waals surface area contributed by atoms with Gasteiger partial charge in [-0.15, -0.1) is 0 Å². The van der Waals surface area contributed by atoms with Gasteiger partial charge in [0.15, 0.2) is 6.61 Å². The summed E-state index contributed by atoms with van der Waals surface area (Å²) in [6, 6.07) is 13.1. The number of benzene rings is 2. The maximum absolute atomic E-state index is 12.3. The van der Waals surface area contributed by atoms with E-state index in [1.54, 1.807) is 31.2 Å². The van der Waals surface area contributed by atoms with E-state index in [0.29, 0.717) is 11.3 Å². The Kier molecular flexibility index (Phi) is 8.37. The molecule has 4 N–H and O–H groups in total. The molecule has 9 nitrogen and oxygen atoms in total. The van der Waals surface area contributed by atoms with Gasteiger partial charge in [0.2, 0.25) is 0 Å². The Morgan fingerprint density at radius 3 is 2.23 bits per heavy atom. The molecular formula is C21H23N3O6. The minimum Gasteiger partial charge on any atom is -0.462 e. The summed E-state index contributed by atoms with van der Waals surface area (Å²) in [5, 5.41) is 4.86. The van der Waals surface area contributed by atoms with Crippen molar-refractivity contribution in [2.75, 3.05) is 18.5 Å². The largest absolute Gasteiger partial charge is 0.462 e. The van der Waals surface area contributed by atoms with E-state index in [0.717, 1.165) is 5.56 Å². The van der Waals surface area contributed by atoms with E-state index in [4.69, 9.17) is 15.2 Å². The molecular weight excluding hydrogens is 390 g/mol. The van der Waals surface area contributed by atoms with Gasteiger partial charge < -0.3 is 25.8 Å². The van der Waals surface area contributed by atoms with Gasteiger partial charge in [-0.25, -0.2) is 14.4 Å². The molecule has 2 aromatic rings. The number of carbonyl (C=O) groups is 4. The Bertz CT molecular complexity index is 883. The van der Waals surface area contributed by atoms with Crippen molar-refractivity contribution in [3.8, 4) is 0 Å². The molecule has 0 saturated carbocycles. The van der Waals surface area contributed by atoms with Gasteiger partial charge in [-0.05, 0) is 36.8 Å². The van der Waals surface area contributed by atoms with E-state index in [2.05, 4.69) is 10.6 Å². The number of nitrogens with two attached hydrogens (primary N) is 1. The summed E-state index contributed by atoms with van der Waals surface area (Å²) < 4.78 is 9.89. The highest BCUT2D eigenvalue weighted by atomic mass is 16.5. The van der Waals surface area contributed by atoms with Crippen molar-refractivity contribution >= 4 is 29.6 Å². The van der Waals surface area contributed by atoms with Crippen LogP contribution in [0.25, 0.3) is 0 Å². The van der Waals surface area contributed by atoms with Crippen LogP contribution in [0.2, 0.25) is 0 Å². The molecule has 0 aliphatic heterocycles. The number of urea groups is 1. The first-order valence-electron chi connectivity index (χ1n) is 9.22. The molecule has 0 aliphatic carbocycles. The molecule has 0 unspecified atom stereocenters. The number of amides is 3. The molecule has 1 atom stereocenters. The van der Waals surface area contributed by atoms with E-state index in [1.807, 2.05) is 6.07 Å². The van der Waals surface area contributed by atoms with E-state index < -0.39 is 36.5 Å². The smallest absolute Gasteiger partial charge is 0.338 e. The lowest BCUT2D eigenvalue weighted by atomic mass is 10.1. The molecule has 30 heavy (non-hydrogen) atoms. The minimum absolute atomic E-state index is 0.166. The zero-order chi connectivity index (χ0) is 21.9. The number of rotatable bonds is 9. The summed E-state index contributed by atoms with van der Waals surface area (Å²) in [5.74, 6) is -1.83. The minimum atomic E-state index is -1.03. The van der Waals surface area contributed by atoms with Gasteiger partial charge in [-0.2, -0.15) is 0 Å². The molecule has 9 heteroatoms. The fourth-order valence-electron chi connectivity index (χ4n) is 2.55. The average molecular weight is 413 g/mol. The summed E-state index contributed by atoms with van der Waals surface area (Å²) in [4.78, 5) is 47.2. The molecule has 158 valence electrons. The molecule has 0 radical (unpaired) electrons. The van der Waals surface area contributed by atoms with Gasteiger partial charge in [0.1, 0.15) is 6.04 Å². The summed E-state index contributed by atoms with van der Waals surface area (Å²) >= 11 is 0. The van der Waals surface area contributed by atoms with Gasteiger partial charge in [-0.1, -0.05) is 30.3 Å². The van der Waals surface area contributed by atoms with E-state index in [-0.39, 0.29) is 13.0 Å². The van der Waals surface area contributed by atoms with Gasteiger partial charge in [0.25, 0.3) is 5.91 Å². The lowest BCUT2D eigenvalue weighted by Crippen LogP contribution is -2.46. The Balaban J connectivity index is 1.89. The Morgan fingerprint density at radius 2 is 1.63 bits per heavy atom. The zero-order valence-electron chi connectivity index (χ0n) is 16.4. The summed E-state index contributed by atoms with van der Waals surface area (Å²) in [6.07, 6.45) is 0.166. The molecule has 0 fully saturated rings. The predicted octanol–water partition coefficient (Wildman–Crippen LogP) is 1.62. The lowest BCUT2D eigenvalue weighted by molar-refractivity contribution is -0.149. The molecule has 0 aliphatic rings. The number of anilines is 1. The van der Waals surface area contributed by atoms with E-state index in [1.165, 1.54) is 24.3 Å². The number of hydrogen-bond donors (Lipinski definition) is 3. The summed E-state index contributed by atoms with van der Waals surface area (Å²) in [7, 11) is 0. The van der Waals surface area contributed by atoms with E-state index in [9.17, 15) is 19.2 Å². The highest BCUT2D eigenvalue weighted by molar-refractivity contribution is 5.94. The Morgan fingerprint density at radius 1 is 0.967 bits per heavy atom. The average Bonchev–Trinajstić information content (AvgIpc) is 2.72. The molecule has 0 spiro atoms. The number of nitrogens with one attached hydrogen (secondary N) is 2. The van der Waals surface area contributed by atoms with Gasteiger partial charge in [0, 0.05) is 12.1 Å². The summed E-state index contributed by atoms with van der Waals surface area (Å²) in [5.41, 5.74) is 6.68. The number of esters is 2. The monoisotopic (exact) mass is 413 g/mol. The molecule has 3 amide bonds. The maximum Gasteiger partial charge on any atom is 0.338 e. The van der Waals surface area contributed by atoms with Crippen LogP contribution in [-0.4, -0.2) is 43.1 Å². The summed E-state index contributed by atoms with van der Waals surface area (Å²) in [6.45, 7) is 1.42. The third kappa shape index (κ3) is 7.27. The lowest BCUT2D eigenvalue weighted by Gasteiger charge is -2.16. The number of primary amides is 1. The van der Waals surface area contributed by atoms with Crippen molar-refractivity contribution in [1.82, 2.24) is 5.32 Å². The normalized spacial score (nSPS) is 11.1. The topological polar surface area (TPSA) is 137 Å². The van der Waals surface area contributed by atoms with Gasteiger partial charge in [0.05, 0.1) is 12.2 Å². The number of ether oxygens (including phenoxy) is 2. The predicted molar refractivity (Wildman–Crippen MR) is 109 cm³/mol. The zero-order valence-corrected chi connectivity index (χ0v) is 16.4. The fourth-order valence-corrected chi connectivity index (χ4v) is 2.55. The first-order chi connectivity index (χ1) is 14.4. The highest BCUT2D eigenvalue weighted by Crippen LogP contribution is 2.11. The number of hydrogen-bond acceptors (Lipinski definition) is 6. The van der Waals surface area contributed by atoms with Crippen LogP contribution in [0.1, 0.15) is 22.8 Å². The van der Waals surface area contributed by atoms with E-state index >= 15 is 0 Å². The third-order valence-corrected chi connectivity index (χ3v) is 3.91. The van der Waals surface area contributed by atoms with Crippen LogP contribution >= 0.6 is 0 Å². The Labute approximate surface area is 173 Å². The number of carbonyl (C=O) groups excluding carboxylic acids is 4. The first-order valence-corrected chi connectivity index (χ1v) is 9.22. The molecule has 2 aromatic carbocycles. The standard InChI is InChI=1S/C21H23N3O6/c1-2-29-19(26)15-8-10-16(11-9-15)23-18(25)13-30-20(27)17(24-21(22)28)12-14-6-4-3-5-7-14/h3-11,17H,2,12-13H2,1H3,(H,23,25)(H3,22,24,28)/t17-/m0/s1. The van der Waals surface area contributed by atoms with Crippen molar-refractivity contribution in [2.45, 2.75) is 19.4 Å². The maximum atomic E-state index is 12.3. The van der Waals surface area contributed by atoms with Crippen LogP contribution in [0.4, 0.5) is 10.5 Å². The van der Waals surface area contributed by atoms with Crippen molar-refractivity contribution in [3.05, 3.63) is 65.7 Å². The van der Waals surface area contributed by atoms with Crippen LogP contribution < -0.4 is 16.4 Å². The molecule has 0 bridgehead atoms. The van der Waals surface area contributed by atoms with Crippen LogP contribution in [0.5, 0.6) is 0 Å². The van der Waals surface area contributed by atoms with Crippen LogP contribution in [0.15, 0.2) is 54.6 Å². The SMILES string of the molecule is CCOC(=O)c1ccc(NC(=O)COC(=O)[C@H](Cc2ccccc2)NC(N)=O)cc1. The fraction of sp³-hybridized carbons (Fsp3) is 0.238. The second-order valence-corrected chi connectivity index (χ2v) is 6.20. The van der Waals surface area contributed by atoms with Crippen molar-refractivity contribution in [1.29, 1.82) is 0 Å². The first kappa shape index (κ1) is 22.4. The molecule has 0 heterocycles. The second kappa shape index (κ2) is 11.2. The highest BCUT2D eigenvalue weighted by Gasteiger charge is 2.22. The third-order valence-electron chi connectivity index (χ3n) is 3.91. The van der Waals surface area contributed by atoms with Crippen molar-refractivity contribution in [3.63, 3.8) is 0 Å². The quantitative estimate of drug-likeness (QED) is 0.534. The Hall–Kier alpha value is -3.88. The van der Waals surface area contributed by atoms with Gasteiger partial charge >= 0.3 is 18.0 Å². The van der Waals surface area contributed by atoms with Crippen LogP contribution in [0.3, 0.4) is 0 Å². The second-order valence-electron chi connectivity index (χ2n) is 6.20. The van der Waals surface area contributed by atoms with Crippen molar-refractivity contribution in [2.24, 2.45) is 5.73 Å². The molecule has 2 rings (SSSR count).